The number of para-hydroxylation sites is 1. The summed E-state index contributed by atoms with van der Waals surface area (Å²) in [5.74, 6) is -1.57. The van der Waals surface area contributed by atoms with Gasteiger partial charge >= 0.3 is 0 Å². The Bertz CT molecular complexity index is 1530. The van der Waals surface area contributed by atoms with E-state index in [1.807, 2.05) is 37.3 Å². The number of benzene rings is 2. The topological polar surface area (TPSA) is 111 Å². The second kappa shape index (κ2) is 9.05. The van der Waals surface area contributed by atoms with Crippen LogP contribution in [-0.4, -0.2) is 39.6 Å². The van der Waals surface area contributed by atoms with Crippen molar-refractivity contribution in [3.8, 4) is 17.1 Å². The number of carbonyl (C=O) groups is 2. The van der Waals surface area contributed by atoms with E-state index in [2.05, 4.69) is 20.7 Å². The molecule has 4 aromatic rings. The number of hydrogen-bond acceptors (Lipinski definition) is 6. The zero-order valence-corrected chi connectivity index (χ0v) is 19.8. The average Bonchev–Trinajstić information content (AvgIpc) is 3.53. The molecule has 0 bridgehead atoms. The summed E-state index contributed by atoms with van der Waals surface area (Å²) >= 11 is 0. The minimum absolute atomic E-state index is 0.00556. The van der Waals surface area contributed by atoms with Gasteiger partial charge in [-0.3, -0.25) is 9.59 Å². The van der Waals surface area contributed by atoms with Crippen LogP contribution in [-0.2, 0) is 11.3 Å². The highest BCUT2D eigenvalue weighted by molar-refractivity contribution is 6.20. The zero-order chi connectivity index (χ0) is 25.5. The molecule has 2 aromatic heterocycles. The normalized spacial score (nSPS) is 18.5. The molecule has 0 radical (unpaired) electrons. The number of rotatable bonds is 4. The van der Waals surface area contributed by atoms with E-state index in [0.29, 0.717) is 40.5 Å². The lowest BCUT2D eigenvalue weighted by Crippen LogP contribution is -2.42. The smallest absolute Gasteiger partial charge is 0.269 e. The van der Waals surface area contributed by atoms with Gasteiger partial charge in [0.25, 0.3) is 11.8 Å². The summed E-state index contributed by atoms with van der Waals surface area (Å²) in [6, 6.07) is 15.3. The number of fused-ring (bicyclic) bond motifs is 2. The van der Waals surface area contributed by atoms with Crippen LogP contribution in [0.5, 0.6) is 5.88 Å². The average molecular weight is 500 g/mol. The molecule has 0 unspecified atom stereocenters. The molecule has 0 spiro atoms. The van der Waals surface area contributed by atoms with Crippen LogP contribution in [0.3, 0.4) is 0 Å². The second-order valence-electron chi connectivity index (χ2n) is 8.85. The first-order valence-corrected chi connectivity index (χ1v) is 11.8. The highest BCUT2D eigenvalue weighted by atomic mass is 19.1. The fraction of sp³-hybridized carbons (Fsp3) is 0.185. The van der Waals surface area contributed by atoms with Gasteiger partial charge in [0.15, 0.2) is 0 Å². The largest absolute Gasteiger partial charge is 0.474 e. The monoisotopic (exact) mass is 499 g/mol. The Kier molecular flexibility index (Phi) is 5.56. The lowest BCUT2D eigenvalue weighted by atomic mass is 10.0. The standard InChI is InChI=1S/C27H22FN5O4/c1-15-10-12-33-27(37-15)20(22(32-33)17-11-13-36-14-17)25(34)31-24-26(35)30-23-18(8-5-9-19(23)28)21(29-24)16-6-3-2-4-7-16/h2-9,11,13-15,24H,10,12H2,1H3,(H,30,35)(H,31,34)/t15-,24-/m1/s1. The molecule has 10 heteroatoms. The minimum atomic E-state index is -1.34. The van der Waals surface area contributed by atoms with Gasteiger partial charge < -0.3 is 19.8 Å². The molecule has 2 amide bonds. The van der Waals surface area contributed by atoms with Crippen molar-refractivity contribution in [3.63, 3.8) is 0 Å². The van der Waals surface area contributed by atoms with Crippen molar-refractivity contribution >= 4 is 23.2 Å². The lowest BCUT2D eigenvalue weighted by Gasteiger charge is -2.22. The van der Waals surface area contributed by atoms with Gasteiger partial charge in [-0.1, -0.05) is 42.5 Å². The number of ether oxygens (including phenoxy) is 1. The van der Waals surface area contributed by atoms with E-state index in [4.69, 9.17) is 9.15 Å². The fourth-order valence-corrected chi connectivity index (χ4v) is 4.49. The number of furan rings is 1. The van der Waals surface area contributed by atoms with E-state index in [1.165, 1.54) is 18.6 Å². The fourth-order valence-electron chi connectivity index (χ4n) is 4.49. The van der Waals surface area contributed by atoms with E-state index < -0.39 is 23.8 Å². The number of nitrogens with zero attached hydrogens (tertiary/aromatic N) is 3. The molecule has 2 aliphatic heterocycles. The first-order valence-electron chi connectivity index (χ1n) is 11.8. The lowest BCUT2D eigenvalue weighted by molar-refractivity contribution is -0.117. The first-order chi connectivity index (χ1) is 18.0. The van der Waals surface area contributed by atoms with Crippen molar-refractivity contribution in [2.45, 2.75) is 32.2 Å². The number of anilines is 1. The van der Waals surface area contributed by atoms with Gasteiger partial charge in [0.1, 0.15) is 17.1 Å². The van der Waals surface area contributed by atoms with E-state index >= 15 is 0 Å². The second-order valence-corrected chi connectivity index (χ2v) is 8.85. The van der Waals surface area contributed by atoms with Crippen molar-refractivity contribution in [1.82, 2.24) is 15.1 Å². The van der Waals surface area contributed by atoms with Gasteiger partial charge in [-0.05, 0) is 19.1 Å². The van der Waals surface area contributed by atoms with E-state index in [9.17, 15) is 14.0 Å². The molecule has 0 fully saturated rings. The van der Waals surface area contributed by atoms with Crippen molar-refractivity contribution in [2.75, 3.05) is 5.32 Å². The molecule has 6 rings (SSSR count). The number of aliphatic imine (C=N–C) groups is 1. The number of benzodiazepines with no additional fused rings is 1. The summed E-state index contributed by atoms with van der Waals surface area (Å²) in [5, 5.41) is 9.87. The van der Waals surface area contributed by atoms with Gasteiger partial charge in [-0.2, -0.15) is 5.10 Å². The van der Waals surface area contributed by atoms with Crippen molar-refractivity contribution < 1.29 is 23.1 Å². The van der Waals surface area contributed by atoms with Crippen LogP contribution in [0, 0.1) is 5.82 Å². The van der Waals surface area contributed by atoms with Crippen molar-refractivity contribution in [3.05, 3.63) is 89.6 Å². The summed E-state index contributed by atoms with van der Waals surface area (Å²) < 4.78 is 27.6. The van der Waals surface area contributed by atoms with Gasteiger partial charge in [0.05, 0.1) is 30.0 Å². The van der Waals surface area contributed by atoms with Crippen LogP contribution in [0.4, 0.5) is 10.1 Å². The third-order valence-corrected chi connectivity index (χ3v) is 6.33. The highest BCUT2D eigenvalue weighted by Gasteiger charge is 2.34. The molecular formula is C27H22FN5O4. The molecule has 0 aliphatic carbocycles. The summed E-state index contributed by atoms with van der Waals surface area (Å²) in [6.45, 7) is 2.49. The maximum Gasteiger partial charge on any atom is 0.269 e. The van der Waals surface area contributed by atoms with Gasteiger partial charge in [-0.25, -0.2) is 14.1 Å². The maximum atomic E-state index is 14.8. The Morgan fingerprint density at radius 3 is 2.76 bits per heavy atom. The predicted octanol–water partition coefficient (Wildman–Crippen LogP) is 4.00. The summed E-state index contributed by atoms with van der Waals surface area (Å²) in [6.07, 6.45) is 2.25. The molecule has 2 aliphatic rings. The van der Waals surface area contributed by atoms with E-state index in [-0.39, 0.29) is 17.4 Å². The van der Waals surface area contributed by atoms with Crippen LogP contribution in [0.2, 0.25) is 0 Å². The zero-order valence-electron chi connectivity index (χ0n) is 19.8. The quantitative estimate of drug-likeness (QED) is 0.441. The number of hydrogen-bond donors (Lipinski definition) is 2. The Morgan fingerprint density at radius 2 is 1.97 bits per heavy atom. The number of aromatic nitrogens is 2. The molecule has 2 aromatic carbocycles. The number of nitrogens with one attached hydrogen (secondary N) is 2. The molecular weight excluding hydrogens is 477 g/mol. The molecule has 0 saturated heterocycles. The van der Waals surface area contributed by atoms with Crippen LogP contribution in [0.15, 0.2) is 76.5 Å². The van der Waals surface area contributed by atoms with Crippen molar-refractivity contribution in [1.29, 1.82) is 0 Å². The Hall–Kier alpha value is -4.73. The molecule has 0 saturated carbocycles. The highest BCUT2D eigenvalue weighted by Crippen LogP contribution is 2.34. The molecule has 186 valence electrons. The molecule has 4 heterocycles. The molecule has 37 heavy (non-hydrogen) atoms. The maximum absolute atomic E-state index is 14.8. The minimum Gasteiger partial charge on any atom is -0.474 e. The van der Waals surface area contributed by atoms with E-state index in [0.717, 1.165) is 6.42 Å². The molecule has 2 N–H and O–H groups in total. The van der Waals surface area contributed by atoms with Crippen LogP contribution >= 0.6 is 0 Å². The Balaban J connectivity index is 1.42. The summed E-state index contributed by atoms with van der Waals surface area (Å²) in [5.41, 5.74) is 2.59. The SMILES string of the molecule is C[C@@H]1CCn2nc(-c3ccoc3)c(C(=O)N[C@H]3N=C(c4ccccc4)c4cccc(F)c4NC3=O)c2O1. The number of carbonyl (C=O) groups excluding carboxylic acids is 2. The summed E-state index contributed by atoms with van der Waals surface area (Å²) in [7, 11) is 0. The van der Waals surface area contributed by atoms with Gasteiger partial charge in [0, 0.05) is 29.7 Å². The summed E-state index contributed by atoms with van der Waals surface area (Å²) in [4.78, 5) is 31.5. The predicted molar refractivity (Wildman–Crippen MR) is 133 cm³/mol. The number of amides is 2. The Labute approximate surface area is 211 Å². The van der Waals surface area contributed by atoms with Gasteiger partial charge in [0.2, 0.25) is 12.0 Å². The van der Waals surface area contributed by atoms with E-state index in [1.54, 1.807) is 22.9 Å². The van der Waals surface area contributed by atoms with Crippen LogP contribution in [0.25, 0.3) is 11.3 Å². The third-order valence-electron chi connectivity index (χ3n) is 6.33. The Morgan fingerprint density at radius 1 is 1.14 bits per heavy atom. The van der Waals surface area contributed by atoms with Gasteiger partial charge in [-0.15, -0.1) is 0 Å². The van der Waals surface area contributed by atoms with Crippen LogP contribution < -0.4 is 15.4 Å². The third kappa shape index (κ3) is 4.06. The van der Waals surface area contributed by atoms with Crippen molar-refractivity contribution in [2.24, 2.45) is 4.99 Å². The van der Waals surface area contributed by atoms with Crippen LogP contribution in [0.1, 0.15) is 34.8 Å². The molecule has 9 nitrogen and oxygen atoms in total. The number of aryl methyl sites for hydroxylation is 1. The first kappa shape index (κ1) is 22.7. The molecule has 2 atom stereocenters. The number of halogens is 1.